The average molecular weight is 381 g/mol. The second-order valence-corrected chi connectivity index (χ2v) is 9.29. The summed E-state index contributed by atoms with van der Waals surface area (Å²) in [6.45, 7) is 5.30. The maximum Gasteiger partial charge on any atom is 0.253 e. The molecule has 0 bridgehead atoms. The van der Waals surface area contributed by atoms with E-state index in [1.807, 2.05) is 6.92 Å². The number of rotatable bonds is 7. The third-order valence-corrected chi connectivity index (χ3v) is 6.96. The lowest BCUT2D eigenvalue weighted by Crippen LogP contribution is -2.35. The normalized spacial score (nSPS) is 19.9. The van der Waals surface area contributed by atoms with Crippen molar-refractivity contribution < 1.29 is 17.9 Å². The molecule has 144 valence electrons. The van der Waals surface area contributed by atoms with Crippen molar-refractivity contribution in [2.45, 2.75) is 57.0 Å². The SMILES string of the molecule is Cc1ccc(S(=O)(=O)N2CCCCC2)cc1NC(=O)C(C)OCC1CC1. The average Bonchev–Trinajstić information content (AvgIpc) is 3.46. The van der Waals surface area contributed by atoms with Crippen molar-refractivity contribution in [3.63, 3.8) is 0 Å². The van der Waals surface area contributed by atoms with E-state index in [0.29, 0.717) is 31.3 Å². The minimum absolute atomic E-state index is 0.229. The minimum atomic E-state index is -3.52. The van der Waals surface area contributed by atoms with Crippen LogP contribution >= 0.6 is 0 Å². The fourth-order valence-electron chi connectivity index (χ4n) is 3.03. The van der Waals surface area contributed by atoms with E-state index in [9.17, 15) is 13.2 Å². The van der Waals surface area contributed by atoms with Crippen molar-refractivity contribution in [1.82, 2.24) is 4.31 Å². The van der Waals surface area contributed by atoms with Crippen molar-refractivity contribution in [2.75, 3.05) is 25.0 Å². The first-order valence-electron chi connectivity index (χ1n) is 9.41. The van der Waals surface area contributed by atoms with Crippen LogP contribution in [0.3, 0.4) is 0 Å². The number of carbonyl (C=O) groups excluding carboxylic acids is 1. The number of amides is 1. The number of aryl methyl sites for hydroxylation is 1. The molecule has 6 nitrogen and oxygen atoms in total. The largest absolute Gasteiger partial charge is 0.368 e. The summed E-state index contributed by atoms with van der Waals surface area (Å²) in [4.78, 5) is 12.6. The molecule has 1 saturated carbocycles. The molecule has 0 radical (unpaired) electrons. The Labute approximate surface area is 156 Å². The number of carbonyl (C=O) groups is 1. The highest BCUT2D eigenvalue weighted by atomic mass is 32.2. The summed E-state index contributed by atoms with van der Waals surface area (Å²) in [5.41, 5.74) is 1.35. The van der Waals surface area contributed by atoms with Crippen LogP contribution in [-0.2, 0) is 19.6 Å². The zero-order chi connectivity index (χ0) is 18.7. The molecule has 0 spiro atoms. The summed E-state index contributed by atoms with van der Waals surface area (Å²) >= 11 is 0. The Morgan fingerprint density at radius 1 is 1.27 bits per heavy atom. The summed E-state index contributed by atoms with van der Waals surface area (Å²) < 4.78 is 32.8. The number of piperidine rings is 1. The Kier molecular flexibility index (Phi) is 5.99. The van der Waals surface area contributed by atoms with Gasteiger partial charge in [0.15, 0.2) is 0 Å². The van der Waals surface area contributed by atoms with Crippen LogP contribution in [-0.4, -0.2) is 44.4 Å². The van der Waals surface area contributed by atoms with Crippen molar-refractivity contribution in [3.8, 4) is 0 Å². The molecule has 3 rings (SSSR count). The van der Waals surface area contributed by atoms with E-state index < -0.39 is 16.1 Å². The number of benzene rings is 1. The Hall–Kier alpha value is -1.44. The van der Waals surface area contributed by atoms with Crippen molar-refractivity contribution >= 4 is 21.6 Å². The maximum absolute atomic E-state index is 12.8. The smallest absolute Gasteiger partial charge is 0.253 e. The van der Waals surface area contributed by atoms with Gasteiger partial charge in [-0.2, -0.15) is 4.31 Å². The molecule has 26 heavy (non-hydrogen) atoms. The molecular formula is C19H28N2O4S. The van der Waals surface area contributed by atoms with Gasteiger partial charge in [0.2, 0.25) is 10.0 Å². The third kappa shape index (κ3) is 4.64. The monoisotopic (exact) mass is 380 g/mol. The summed E-state index contributed by atoms with van der Waals surface area (Å²) in [5.74, 6) is 0.339. The van der Waals surface area contributed by atoms with Crippen LogP contribution in [0.5, 0.6) is 0 Å². The van der Waals surface area contributed by atoms with Crippen LogP contribution in [0.15, 0.2) is 23.1 Å². The topological polar surface area (TPSA) is 75.7 Å². The number of hydrogen-bond acceptors (Lipinski definition) is 4. The number of sulfonamides is 1. The molecule has 0 aromatic heterocycles. The van der Waals surface area contributed by atoms with Crippen LogP contribution in [0.1, 0.15) is 44.6 Å². The van der Waals surface area contributed by atoms with Crippen LogP contribution in [0.4, 0.5) is 5.69 Å². The number of hydrogen-bond donors (Lipinski definition) is 1. The summed E-state index contributed by atoms with van der Waals surface area (Å²) in [7, 11) is -3.52. The van der Waals surface area contributed by atoms with Gasteiger partial charge in [0.25, 0.3) is 5.91 Å². The molecule has 1 aromatic rings. The molecule has 1 N–H and O–H groups in total. The van der Waals surface area contributed by atoms with Gasteiger partial charge < -0.3 is 10.1 Å². The Balaban J connectivity index is 1.71. The highest BCUT2D eigenvalue weighted by molar-refractivity contribution is 7.89. The van der Waals surface area contributed by atoms with Gasteiger partial charge in [-0.05, 0) is 63.1 Å². The molecule has 1 aromatic carbocycles. The van der Waals surface area contributed by atoms with Crippen LogP contribution in [0.2, 0.25) is 0 Å². The fourth-order valence-corrected chi connectivity index (χ4v) is 4.57. The van der Waals surface area contributed by atoms with Crippen molar-refractivity contribution in [3.05, 3.63) is 23.8 Å². The highest BCUT2D eigenvalue weighted by Crippen LogP contribution is 2.29. The third-order valence-electron chi connectivity index (χ3n) is 5.07. The van der Waals surface area contributed by atoms with E-state index in [2.05, 4.69) is 5.32 Å². The number of nitrogens with one attached hydrogen (secondary N) is 1. The zero-order valence-corrected chi connectivity index (χ0v) is 16.3. The Morgan fingerprint density at radius 2 is 1.96 bits per heavy atom. The Bertz CT molecular complexity index is 753. The lowest BCUT2D eigenvalue weighted by Gasteiger charge is -2.26. The van der Waals surface area contributed by atoms with Crippen molar-refractivity contribution in [2.24, 2.45) is 5.92 Å². The summed E-state index contributed by atoms with van der Waals surface area (Å²) in [5, 5.41) is 2.82. The predicted molar refractivity (Wildman–Crippen MR) is 101 cm³/mol. The van der Waals surface area contributed by atoms with Crippen LogP contribution in [0.25, 0.3) is 0 Å². The first kappa shape index (κ1) is 19.3. The molecule has 1 saturated heterocycles. The van der Waals surface area contributed by atoms with Crippen molar-refractivity contribution in [1.29, 1.82) is 0 Å². The summed E-state index contributed by atoms with van der Waals surface area (Å²) in [6, 6.07) is 4.91. The van der Waals surface area contributed by atoms with Gasteiger partial charge in [-0.1, -0.05) is 12.5 Å². The number of anilines is 1. The van der Waals surface area contributed by atoms with E-state index in [1.165, 1.54) is 17.1 Å². The van der Waals surface area contributed by atoms with E-state index in [-0.39, 0.29) is 10.8 Å². The predicted octanol–water partition coefficient (Wildman–Crippen LogP) is 2.92. The second kappa shape index (κ2) is 8.06. The van der Waals surface area contributed by atoms with Gasteiger partial charge in [0.05, 0.1) is 11.5 Å². The molecule has 1 unspecified atom stereocenters. The zero-order valence-electron chi connectivity index (χ0n) is 15.5. The van der Waals surface area contributed by atoms with E-state index >= 15 is 0 Å². The molecule has 1 aliphatic heterocycles. The van der Waals surface area contributed by atoms with Gasteiger partial charge in [0, 0.05) is 18.8 Å². The van der Waals surface area contributed by atoms with Crippen LogP contribution < -0.4 is 5.32 Å². The standard InChI is InChI=1S/C19H28N2O4S/c1-14-6-9-17(26(23,24)21-10-4-3-5-11-21)12-18(14)20-19(22)15(2)25-13-16-7-8-16/h6,9,12,15-16H,3-5,7-8,10-11,13H2,1-2H3,(H,20,22). The van der Waals surface area contributed by atoms with E-state index in [0.717, 1.165) is 24.8 Å². The van der Waals surface area contributed by atoms with Gasteiger partial charge in [0.1, 0.15) is 6.10 Å². The number of ether oxygens (including phenoxy) is 1. The number of nitrogens with zero attached hydrogens (tertiary/aromatic N) is 1. The van der Waals surface area contributed by atoms with E-state index in [4.69, 9.17) is 4.74 Å². The van der Waals surface area contributed by atoms with Gasteiger partial charge in [-0.3, -0.25) is 4.79 Å². The first-order chi connectivity index (χ1) is 12.4. The molecule has 2 fully saturated rings. The molecular weight excluding hydrogens is 352 g/mol. The molecule has 1 atom stereocenters. The lowest BCUT2D eigenvalue weighted by atomic mass is 10.2. The molecule has 2 aliphatic rings. The van der Waals surface area contributed by atoms with E-state index in [1.54, 1.807) is 25.1 Å². The lowest BCUT2D eigenvalue weighted by molar-refractivity contribution is -0.126. The molecule has 7 heteroatoms. The van der Waals surface area contributed by atoms with Gasteiger partial charge >= 0.3 is 0 Å². The first-order valence-corrected chi connectivity index (χ1v) is 10.8. The quantitative estimate of drug-likeness (QED) is 0.789. The molecule has 1 heterocycles. The summed E-state index contributed by atoms with van der Waals surface area (Å²) in [6.07, 6.45) is 4.64. The second-order valence-electron chi connectivity index (χ2n) is 7.35. The highest BCUT2D eigenvalue weighted by Gasteiger charge is 2.27. The fraction of sp³-hybridized carbons (Fsp3) is 0.632. The molecule has 1 aliphatic carbocycles. The van der Waals surface area contributed by atoms with Crippen LogP contribution in [0, 0.1) is 12.8 Å². The Morgan fingerprint density at radius 3 is 2.62 bits per heavy atom. The maximum atomic E-state index is 12.8. The molecule has 1 amide bonds. The minimum Gasteiger partial charge on any atom is -0.368 e. The van der Waals surface area contributed by atoms with Gasteiger partial charge in [-0.25, -0.2) is 8.42 Å². The van der Waals surface area contributed by atoms with Gasteiger partial charge in [-0.15, -0.1) is 0 Å².